The average Bonchev–Trinajstić information content (AvgIpc) is 3.45. The first-order chi connectivity index (χ1) is 35.4. The Bertz CT molecular complexity index is 3730. The number of hydrogen-bond acceptors (Lipinski definition) is 1. The van der Waals surface area contributed by atoms with Gasteiger partial charge in [-0.2, -0.15) is 0 Å². The van der Waals surface area contributed by atoms with Crippen LogP contribution in [0.5, 0.6) is 0 Å². The minimum atomic E-state index is -2.75. The van der Waals surface area contributed by atoms with E-state index in [1.54, 1.807) is 0 Å². The number of anilines is 3. The van der Waals surface area contributed by atoms with Crippen molar-refractivity contribution in [2.24, 2.45) is 0 Å². The molecule has 0 aromatic heterocycles. The summed E-state index contributed by atoms with van der Waals surface area (Å²) in [4.78, 5) is 2.46. The Labute approximate surface area is 425 Å². The van der Waals surface area contributed by atoms with Gasteiger partial charge in [-0.1, -0.05) is 257 Å². The van der Waals surface area contributed by atoms with Crippen molar-refractivity contribution in [3.8, 4) is 33.4 Å². The molecule has 0 saturated heterocycles. The fraction of sp³-hybridized carbons (Fsp3) is 0.0571. The van der Waals surface area contributed by atoms with Crippen LogP contribution in [-0.2, 0) is 5.41 Å². The lowest BCUT2D eigenvalue weighted by Crippen LogP contribution is -2.74. The van der Waals surface area contributed by atoms with Gasteiger partial charge in [0.2, 0.25) is 0 Å². The molecule has 0 aliphatic carbocycles. The number of hydrogen-bond donors (Lipinski definition) is 0. The summed E-state index contributed by atoms with van der Waals surface area (Å²) in [6.07, 6.45) is 0. The van der Waals surface area contributed by atoms with Crippen molar-refractivity contribution in [3.05, 3.63) is 285 Å². The van der Waals surface area contributed by atoms with Crippen molar-refractivity contribution in [3.63, 3.8) is 0 Å². The van der Waals surface area contributed by atoms with Gasteiger partial charge in [0, 0.05) is 17.1 Å². The van der Waals surface area contributed by atoms with Gasteiger partial charge in [-0.25, -0.2) is 0 Å². The highest BCUT2D eigenvalue weighted by molar-refractivity contribution is 7.19. The SMILES string of the molecule is CC(C)(C)c1ccc(N(c2ccc([Si](c3ccccc3)(c3ccccc3)c3ccccc3)cc2)c2ccc3c(c2)c2ccccc2c2c(-c4ccccc4)cc(-c4ccccc4)c(-c4ccccc4)c32)cc1. The molecule has 0 heterocycles. The molecule has 12 aromatic rings. The van der Waals surface area contributed by atoms with Crippen LogP contribution in [0.1, 0.15) is 26.3 Å². The number of benzene rings is 12. The van der Waals surface area contributed by atoms with E-state index in [0.29, 0.717) is 0 Å². The molecular formula is C70H55NSi. The van der Waals surface area contributed by atoms with E-state index < -0.39 is 8.07 Å². The first kappa shape index (κ1) is 44.6. The van der Waals surface area contributed by atoms with Crippen LogP contribution in [0.25, 0.3) is 65.7 Å². The van der Waals surface area contributed by atoms with Gasteiger partial charge in [-0.3, -0.25) is 0 Å². The zero-order valence-electron chi connectivity index (χ0n) is 41.0. The normalized spacial score (nSPS) is 11.8. The first-order valence-electron chi connectivity index (χ1n) is 25.2. The molecule has 0 bridgehead atoms. The zero-order valence-corrected chi connectivity index (χ0v) is 42.0. The summed E-state index contributed by atoms with van der Waals surface area (Å²) >= 11 is 0. The second kappa shape index (κ2) is 18.6. The molecule has 2 heteroatoms. The molecule has 0 radical (unpaired) electrons. The van der Waals surface area contributed by atoms with Crippen LogP contribution >= 0.6 is 0 Å². The molecule has 0 unspecified atom stereocenters. The quantitative estimate of drug-likeness (QED) is 0.0750. The Morgan fingerprint density at radius 3 is 1.18 bits per heavy atom. The molecule has 344 valence electrons. The van der Waals surface area contributed by atoms with Gasteiger partial charge in [-0.05, 0) is 140 Å². The highest BCUT2D eigenvalue weighted by atomic mass is 28.3. The van der Waals surface area contributed by atoms with Crippen LogP contribution in [0, 0.1) is 0 Å². The molecule has 12 rings (SSSR count). The van der Waals surface area contributed by atoms with Crippen molar-refractivity contribution in [2.45, 2.75) is 26.2 Å². The summed E-state index contributed by atoms with van der Waals surface area (Å²) in [7, 11) is -2.75. The average molecular weight is 938 g/mol. The van der Waals surface area contributed by atoms with Crippen molar-refractivity contribution < 1.29 is 0 Å². The molecule has 0 spiro atoms. The largest absolute Gasteiger partial charge is 0.310 e. The van der Waals surface area contributed by atoms with Crippen LogP contribution in [0.3, 0.4) is 0 Å². The van der Waals surface area contributed by atoms with E-state index >= 15 is 0 Å². The fourth-order valence-electron chi connectivity index (χ4n) is 11.4. The van der Waals surface area contributed by atoms with Crippen LogP contribution in [-0.4, -0.2) is 8.07 Å². The third-order valence-electron chi connectivity index (χ3n) is 14.7. The van der Waals surface area contributed by atoms with E-state index in [2.05, 4.69) is 305 Å². The molecule has 0 amide bonds. The molecule has 0 aliphatic rings. The van der Waals surface area contributed by atoms with E-state index in [1.807, 2.05) is 0 Å². The Kier molecular flexibility index (Phi) is 11.6. The van der Waals surface area contributed by atoms with Crippen LogP contribution in [0.15, 0.2) is 279 Å². The first-order valence-corrected chi connectivity index (χ1v) is 27.2. The summed E-state index contributed by atoms with van der Waals surface area (Å²) in [6, 6.07) is 104. The van der Waals surface area contributed by atoms with Crippen LogP contribution < -0.4 is 25.6 Å². The van der Waals surface area contributed by atoms with Crippen LogP contribution in [0.4, 0.5) is 17.1 Å². The van der Waals surface area contributed by atoms with E-state index in [9.17, 15) is 0 Å². The standard InChI is InChI=1S/C70H55NSi/c1-70(2,3)53-38-40-54(41-39-53)71(55-42-45-60(46-43-55)72(57-30-16-7-17-31-57,58-32-18-8-19-33-58)59-34-20-9-21-35-59)56-44-47-63-66(48-56)61-36-22-23-37-62(61)68-65(51-26-12-5-13-27-51)49-64(50-24-10-4-11-25-50)67(69(63)68)52-28-14-6-15-29-52/h4-49H,1-3H3. The highest BCUT2D eigenvalue weighted by Crippen LogP contribution is 2.50. The maximum Gasteiger partial charge on any atom is 0.179 e. The van der Waals surface area contributed by atoms with E-state index in [0.717, 1.165) is 17.1 Å². The molecule has 12 aromatic carbocycles. The number of fused-ring (bicyclic) bond motifs is 6. The third-order valence-corrected chi connectivity index (χ3v) is 19.5. The summed E-state index contributed by atoms with van der Waals surface area (Å²) in [5.74, 6) is 0. The Balaban J connectivity index is 1.13. The Morgan fingerprint density at radius 1 is 0.292 bits per heavy atom. The zero-order chi connectivity index (χ0) is 48.7. The molecule has 0 aliphatic heterocycles. The number of nitrogens with zero attached hydrogens (tertiary/aromatic N) is 1. The lowest BCUT2D eigenvalue weighted by atomic mass is 9.81. The summed E-state index contributed by atoms with van der Waals surface area (Å²) < 4.78 is 0. The molecule has 0 saturated carbocycles. The van der Waals surface area contributed by atoms with Gasteiger partial charge >= 0.3 is 0 Å². The molecular weight excluding hydrogens is 883 g/mol. The highest BCUT2D eigenvalue weighted by Gasteiger charge is 2.41. The Hall–Kier alpha value is -8.56. The maximum atomic E-state index is 2.46. The van der Waals surface area contributed by atoms with Gasteiger partial charge in [-0.15, -0.1) is 0 Å². The molecule has 0 atom stereocenters. The molecule has 0 fully saturated rings. The molecule has 1 nitrogen and oxygen atoms in total. The van der Waals surface area contributed by atoms with Gasteiger partial charge in [0.05, 0.1) is 0 Å². The molecule has 72 heavy (non-hydrogen) atoms. The van der Waals surface area contributed by atoms with E-state index in [-0.39, 0.29) is 5.41 Å². The topological polar surface area (TPSA) is 3.24 Å². The summed E-state index contributed by atoms with van der Waals surface area (Å²) in [5, 5.41) is 12.9. The van der Waals surface area contributed by atoms with Crippen molar-refractivity contribution >= 4 is 78.2 Å². The maximum absolute atomic E-state index is 2.75. The minimum Gasteiger partial charge on any atom is -0.310 e. The van der Waals surface area contributed by atoms with Gasteiger partial charge in [0.1, 0.15) is 0 Å². The minimum absolute atomic E-state index is 0.0157. The van der Waals surface area contributed by atoms with Gasteiger partial charge < -0.3 is 4.90 Å². The monoisotopic (exact) mass is 937 g/mol. The lowest BCUT2D eigenvalue weighted by molar-refractivity contribution is 0.590. The summed E-state index contributed by atoms with van der Waals surface area (Å²) in [6.45, 7) is 6.86. The smallest absolute Gasteiger partial charge is 0.179 e. The predicted molar refractivity (Wildman–Crippen MR) is 312 cm³/mol. The lowest BCUT2D eigenvalue weighted by Gasteiger charge is -2.35. The Morgan fingerprint density at radius 2 is 0.681 bits per heavy atom. The van der Waals surface area contributed by atoms with Crippen molar-refractivity contribution in [1.29, 1.82) is 0 Å². The van der Waals surface area contributed by atoms with Crippen LogP contribution in [0.2, 0.25) is 0 Å². The fourth-order valence-corrected chi connectivity index (χ4v) is 16.1. The van der Waals surface area contributed by atoms with Crippen molar-refractivity contribution in [1.82, 2.24) is 0 Å². The van der Waals surface area contributed by atoms with Crippen molar-refractivity contribution in [2.75, 3.05) is 4.90 Å². The second-order valence-electron chi connectivity index (χ2n) is 20.0. The third kappa shape index (κ3) is 7.82. The second-order valence-corrected chi connectivity index (χ2v) is 23.8. The number of rotatable bonds is 10. The van der Waals surface area contributed by atoms with Gasteiger partial charge in [0.15, 0.2) is 8.07 Å². The van der Waals surface area contributed by atoms with Gasteiger partial charge in [0.25, 0.3) is 0 Å². The summed E-state index contributed by atoms with van der Waals surface area (Å²) in [5.41, 5.74) is 11.9. The van der Waals surface area contributed by atoms with E-state index in [1.165, 1.54) is 92.0 Å². The predicted octanol–water partition coefficient (Wildman–Crippen LogP) is 16.3. The van der Waals surface area contributed by atoms with E-state index in [4.69, 9.17) is 0 Å². The molecule has 0 N–H and O–H groups in total.